The molecule has 1 N–H and O–H groups in total. The van der Waals surface area contributed by atoms with E-state index in [0.717, 1.165) is 12.8 Å². The molecule has 100 valence electrons. The lowest BCUT2D eigenvalue weighted by molar-refractivity contribution is 0.0152. The molecule has 0 bridgehead atoms. The van der Waals surface area contributed by atoms with Crippen LogP contribution in [0, 0.1) is 0 Å². The van der Waals surface area contributed by atoms with Crippen molar-refractivity contribution in [2.24, 2.45) is 0 Å². The number of rotatable bonds is 2. The minimum Gasteiger partial charge on any atom is -0.444 e. The first-order valence-corrected chi connectivity index (χ1v) is 6.48. The smallest absolute Gasteiger partial charge is 0.410 e. The van der Waals surface area contributed by atoms with Gasteiger partial charge in [-0.2, -0.15) is 0 Å². The monoisotopic (exact) mass is 242 g/mol. The average Bonchev–Trinajstić information content (AvgIpc) is 2.25. The molecule has 1 fully saturated rings. The van der Waals surface area contributed by atoms with Crippen molar-refractivity contribution in [3.63, 3.8) is 0 Å². The number of hydrogen-bond donors (Lipinski definition) is 1. The molecular weight excluding hydrogens is 216 g/mol. The molecule has 17 heavy (non-hydrogen) atoms. The van der Waals surface area contributed by atoms with Gasteiger partial charge in [0.15, 0.2) is 0 Å². The van der Waals surface area contributed by atoms with Crippen LogP contribution in [0.3, 0.4) is 0 Å². The van der Waals surface area contributed by atoms with Crippen LogP contribution in [0.4, 0.5) is 4.79 Å². The fourth-order valence-corrected chi connectivity index (χ4v) is 2.38. The number of hydrogen-bond acceptors (Lipinski definition) is 3. The second kappa shape index (κ2) is 5.71. The molecule has 0 aromatic heterocycles. The van der Waals surface area contributed by atoms with Crippen LogP contribution in [0.1, 0.15) is 46.5 Å². The summed E-state index contributed by atoms with van der Waals surface area (Å²) in [5.41, 5.74) is -0.421. The van der Waals surface area contributed by atoms with Crippen molar-refractivity contribution >= 4 is 6.09 Å². The molecule has 0 saturated heterocycles. The SMILES string of the molecule is CN[C@@H]1CCCC[C@H]1N(C)C(=O)OC(C)(C)C. The van der Waals surface area contributed by atoms with Crippen LogP contribution in [0.25, 0.3) is 0 Å². The minimum absolute atomic E-state index is 0.218. The molecule has 0 spiro atoms. The van der Waals surface area contributed by atoms with Crippen LogP contribution in [0.2, 0.25) is 0 Å². The largest absolute Gasteiger partial charge is 0.444 e. The highest BCUT2D eigenvalue weighted by Gasteiger charge is 2.31. The van der Waals surface area contributed by atoms with Gasteiger partial charge in [0.1, 0.15) is 5.60 Å². The maximum absolute atomic E-state index is 12.0. The normalized spacial score (nSPS) is 25.5. The number of nitrogens with zero attached hydrogens (tertiary/aromatic N) is 1. The molecule has 4 heteroatoms. The van der Waals surface area contributed by atoms with Crippen molar-refractivity contribution in [1.29, 1.82) is 0 Å². The fraction of sp³-hybridized carbons (Fsp3) is 0.923. The summed E-state index contributed by atoms with van der Waals surface area (Å²) in [6, 6.07) is 0.643. The van der Waals surface area contributed by atoms with E-state index in [0.29, 0.717) is 6.04 Å². The molecule has 0 aromatic carbocycles. The molecule has 2 atom stereocenters. The Labute approximate surface area is 105 Å². The lowest BCUT2D eigenvalue weighted by Crippen LogP contribution is -2.52. The van der Waals surface area contributed by atoms with Gasteiger partial charge in [0.2, 0.25) is 0 Å². The second-order valence-corrected chi connectivity index (χ2v) is 5.84. The van der Waals surface area contributed by atoms with Gasteiger partial charge in [0.25, 0.3) is 0 Å². The van der Waals surface area contributed by atoms with Gasteiger partial charge in [-0.05, 0) is 40.7 Å². The van der Waals surface area contributed by atoms with Gasteiger partial charge >= 0.3 is 6.09 Å². The van der Waals surface area contributed by atoms with Crippen molar-refractivity contribution in [1.82, 2.24) is 10.2 Å². The third kappa shape index (κ3) is 4.19. The Bertz CT molecular complexity index is 261. The zero-order valence-corrected chi connectivity index (χ0v) is 11.7. The fourth-order valence-electron chi connectivity index (χ4n) is 2.38. The zero-order valence-electron chi connectivity index (χ0n) is 11.7. The van der Waals surface area contributed by atoms with E-state index in [1.807, 2.05) is 34.9 Å². The van der Waals surface area contributed by atoms with E-state index in [4.69, 9.17) is 4.74 Å². The van der Waals surface area contributed by atoms with Gasteiger partial charge in [0.05, 0.1) is 0 Å². The molecular formula is C13H26N2O2. The molecule has 1 aliphatic carbocycles. The Morgan fingerprint density at radius 2 is 1.88 bits per heavy atom. The number of ether oxygens (including phenoxy) is 1. The Morgan fingerprint density at radius 3 is 2.41 bits per heavy atom. The number of carbonyl (C=O) groups excluding carboxylic acids is 1. The summed E-state index contributed by atoms with van der Waals surface area (Å²) in [6.45, 7) is 5.69. The Kier molecular flexibility index (Phi) is 4.80. The third-order valence-electron chi connectivity index (χ3n) is 3.28. The van der Waals surface area contributed by atoms with E-state index >= 15 is 0 Å². The molecule has 0 aliphatic heterocycles. The molecule has 0 heterocycles. The molecule has 0 radical (unpaired) electrons. The number of nitrogens with one attached hydrogen (secondary N) is 1. The summed E-state index contributed by atoms with van der Waals surface area (Å²) in [5.74, 6) is 0. The van der Waals surface area contributed by atoms with Crippen LogP contribution in [-0.2, 0) is 4.74 Å². The topological polar surface area (TPSA) is 41.6 Å². The summed E-state index contributed by atoms with van der Waals surface area (Å²) < 4.78 is 5.40. The first-order valence-electron chi connectivity index (χ1n) is 6.48. The zero-order chi connectivity index (χ0) is 13.1. The van der Waals surface area contributed by atoms with Gasteiger partial charge in [-0.25, -0.2) is 4.79 Å². The van der Waals surface area contributed by atoms with E-state index in [1.54, 1.807) is 4.90 Å². The maximum Gasteiger partial charge on any atom is 0.410 e. The summed E-state index contributed by atoms with van der Waals surface area (Å²) in [4.78, 5) is 13.8. The minimum atomic E-state index is -0.421. The summed E-state index contributed by atoms with van der Waals surface area (Å²) in [6.07, 6.45) is 4.40. The molecule has 1 rings (SSSR count). The van der Waals surface area contributed by atoms with Crippen LogP contribution in [0.15, 0.2) is 0 Å². The molecule has 0 unspecified atom stereocenters. The van der Waals surface area contributed by atoms with E-state index < -0.39 is 5.60 Å². The second-order valence-electron chi connectivity index (χ2n) is 5.84. The van der Waals surface area contributed by atoms with Gasteiger partial charge in [-0.1, -0.05) is 12.8 Å². The lowest BCUT2D eigenvalue weighted by Gasteiger charge is -2.38. The Balaban J connectivity index is 2.60. The van der Waals surface area contributed by atoms with E-state index in [9.17, 15) is 4.79 Å². The standard InChI is InChI=1S/C13H26N2O2/c1-13(2,3)17-12(16)15(5)11-9-7-6-8-10(11)14-4/h10-11,14H,6-9H2,1-5H3/t10-,11-/m1/s1. The lowest BCUT2D eigenvalue weighted by atomic mass is 9.89. The van der Waals surface area contributed by atoms with E-state index in [2.05, 4.69) is 5.32 Å². The average molecular weight is 242 g/mol. The molecule has 0 aromatic rings. The number of amides is 1. The summed E-state index contributed by atoms with van der Waals surface area (Å²) in [5, 5.41) is 3.30. The molecule has 1 saturated carbocycles. The number of likely N-dealkylation sites (N-methyl/N-ethyl adjacent to an activating group) is 2. The van der Waals surface area contributed by atoms with Crippen molar-refractivity contribution in [3.8, 4) is 0 Å². The van der Waals surface area contributed by atoms with Gasteiger partial charge < -0.3 is 15.0 Å². The molecule has 1 aliphatic rings. The van der Waals surface area contributed by atoms with Crippen LogP contribution in [0.5, 0.6) is 0 Å². The number of carbonyl (C=O) groups is 1. The van der Waals surface area contributed by atoms with Crippen LogP contribution >= 0.6 is 0 Å². The first-order chi connectivity index (χ1) is 7.85. The van der Waals surface area contributed by atoms with Crippen LogP contribution < -0.4 is 5.32 Å². The van der Waals surface area contributed by atoms with Crippen molar-refractivity contribution in [3.05, 3.63) is 0 Å². The Morgan fingerprint density at radius 1 is 1.29 bits per heavy atom. The van der Waals surface area contributed by atoms with Gasteiger partial charge in [-0.15, -0.1) is 0 Å². The highest BCUT2D eigenvalue weighted by molar-refractivity contribution is 5.68. The Hall–Kier alpha value is -0.770. The van der Waals surface area contributed by atoms with Crippen molar-refractivity contribution in [2.75, 3.05) is 14.1 Å². The first kappa shape index (κ1) is 14.3. The summed E-state index contributed by atoms with van der Waals surface area (Å²) in [7, 11) is 3.81. The highest BCUT2D eigenvalue weighted by Crippen LogP contribution is 2.23. The van der Waals surface area contributed by atoms with Gasteiger partial charge in [0, 0.05) is 19.1 Å². The van der Waals surface area contributed by atoms with Crippen molar-refractivity contribution in [2.45, 2.75) is 64.1 Å². The van der Waals surface area contributed by atoms with E-state index in [-0.39, 0.29) is 12.1 Å². The van der Waals surface area contributed by atoms with Crippen LogP contribution in [-0.4, -0.2) is 42.8 Å². The summed E-state index contributed by atoms with van der Waals surface area (Å²) >= 11 is 0. The predicted molar refractivity (Wildman–Crippen MR) is 69.1 cm³/mol. The van der Waals surface area contributed by atoms with Crippen molar-refractivity contribution < 1.29 is 9.53 Å². The highest BCUT2D eigenvalue weighted by atomic mass is 16.6. The van der Waals surface area contributed by atoms with Gasteiger partial charge in [-0.3, -0.25) is 0 Å². The predicted octanol–water partition coefficient (Wildman–Crippen LogP) is 2.38. The van der Waals surface area contributed by atoms with E-state index in [1.165, 1.54) is 12.8 Å². The molecule has 4 nitrogen and oxygen atoms in total. The quantitative estimate of drug-likeness (QED) is 0.808. The maximum atomic E-state index is 12.0. The third-order valence-corrected chi connectivity index (χ3v) is 3.28. The molecule has 1 amide bonds.